The molecule has 0 radical (unpaired) electrons. The number of rotatable bonds is 14. The minimum Gasteiger partial charge on any atom is -0.481 e. The first-order valence-electron chi connectivity index (χ1n) is 9.85. The molecule has 6 nitrogen and oxygen atoms in total. The van der Waals surface area contributed by atoms with E-state index in [9.17, 15) is 15.0 Å². The maximum atomic E-state index is 10.4. The molecule has 0 aromatic carbocycles. The van der Waals surface area contributed by atoms with E-state index in [2.05, 4.69) is 0 Å². The molecule has 4 atom stereocenters. The van der Waals surface area contributed by atoms with Gasteiger partial charge in [0.25, 0.3) is 0 Å². The average molecular weight is 360 g/mol. The Hall–Kier alpha value is -0.690. The van der Waals surface area contributed by atoms with Crippen LogP contribution in [0.4, 0.5) is 0 Å². The second-order valence-electron chi connectivity index (χ2n) is 7.13. The molecule has 148 valence electrons. The van der Waals surface area contributed by atoms with Crippen molar-refractivity contribution in [1.82, 2.24) is 0 Å². The van der Waals surface area contributed by atoms with Gasteiger partial charge in [0, 0.05) is 19.4 Å². The molecule has 1 aliphatic heterocycles. The average Bonchev–Trinajstić information content (AvgIpc) is 2.56. The van der Waals surface area contributed by atoms with Crippen LogP contribution < -0.4 is 0 Å². The summed E-state index contributed by atoms with van der Waals surface area (Å²) in [6.45, 7) is 2.37. The molecular formula is C19H36O6. The predicted molar refractivity (Wildman–Crippen MR) is 95.3 cm³/mol. The first kappa shape index (κ1) is 22.4. The molecule has 3 N–H and O–H groups in total. The fourth-order valence-corrected chi connectivity index (χ4v) is 3.09. The van der Waals surface area contributed by atoms with E-state index in [1.807, 2.05) is 0 Å². The van der Waals surface area contributed by atoms with E-state index in [1.165, 1.54) is 32.1 Å². The Bertz CT molecular complexity index is 349. The van der Waals surface area contributed by atoms with Gasteiger partial charge >= 0.3 is 5.97 Å². The van der Waals surface area contributed by atoms with Gasteiger partial charge in [0.2, 0.25) is 0 Å². The summed E-state index contributed by atoms with van der Waals surface area (Å²) in [5.74, 6) is -0.694. The van der Waals surface area contributed by atoms with E-state index in [0.717, 1.165) is 32.1 Å². The molecule has 0 bridgehead atoms. The number of hydrogen-bond acceptors (Lipinski definition) is 5. The molecule has 0 aliphatic carbocycles. The van der Waals surface area contributed by atoms with Crippen molar-refractivity contribution >= 4 is 5.97 Å². The Morgan fingerprint density at radius 1 is 0.920 bits per heavy atom. The van der Waals surface area contributed by atoms with Gasteiger partial charge in [-0.25, -0.2) is 0 Å². The highest BCUT2D eigenvalue weighted by Gasteiger charge is 2.34. The van der Waals surface area contributed by atoms with Crippen molar-refractivity contribution in [2.24, 2.45) is 0 Å². The molecule has 1 rings (SSSR count). The van der Waals surface area contributed by atoms with Gasteiger partial charge in [-0.1, -0.05) is 51.4 Å². The Morgan fingerprint density at radius 3 is 2.00 bits per heavy atom. The maximum absolute atomic E-state index is 10.4. The van der Waals surface area contributed by atoms with Gasteiger partial charge in [0.15, 0.2) is 6.29 Å². The molecule has 0 saturated carbocycles. The van der Waals surface area contributed by atoms with E-state index in [4.69, 9.17) is 14.6 Å². The third kappa shape index (κ3) is 10.8. The minimum absolute atomic E-state index is 0.294. The summed E-state index contributed by atoms with van der Waals surface area (Å²) >= 11 is 0. The second kappa shape index (κ2) is 13.5. The van der Waals surface area contributed by atoms with Crippen LogP contribution in [0.25, 0.3) is 0 Å². The highest BCUT2D eigenvalue weighted by Crippen LogP contribution is 2.21. The lowest BCUT2D eigenvalue weighted by molar-refractivity contribution is -0.261. The van der Waals surface area contributed by atoms with Crippen molar-refractivity contribution in [2.45, 2.75) is 109 Å². The van der Waals surface area contributed by atoms with Crippen LogP contribution in [0.15, 0.2) is 0 Å². The van der Waals surface area contributed by atoms with Crippen molar-refractivity contribution < 1.29 is 29.6 Å². The summed E-state index contributed by atoms with van der Waals surface area (Å²) in [5, 5.41) is 28.0. The number of aliphatic carboxylic acids is 1. The van der Waals surface area contributed by atoms with Crippen molar-refractivity contribution in [3.8, 4) is 0 Å². The number of unbranched alkanes of at least 4 members (excludes halogenated alkanes) is 9. The molecule has 0 aromatic heterocycles. The van der Waals surface area contributed by atoms with Crippen LogP contribution in [0.5, 0.6) is 0 Å². The smallest absolute Gasteiger partial charge is 0.303 e. The SMILES string of the molecule is C[C@@H]1O[C@@H](OCCCCCCCCCCCCC(=O)O)[C@H](O)C[C@H]1O. The summed E-state index contributed by atoms with van der Waals surface area (Å²) in [7, 11) is 0. The molecular weight excluding hydrogens is 324 g/mol. The first-order chi connectivity index (χ1) is 12.0. The van der Waals surface area contributed by atoms with Crippen molar-refractivity contribution in [3.05, 3.63) is 0 Å². The number of carboxylic acids is 1. The molecule has 1 fully saturated rings. The van der Waals surface area contributed by atoms with E-state index in [0.29, 0.717) is 19.4 Å². The molecule has 0 amide bonds. The number of aliphatic hydroxyl groups is 2. The summed E-state index contributed by atoms with van der Waals surface area (Å²) < 4.78 is 11.1. The van der Waals surface area contributed by atoms with Crippen LogP contribution in [0.1, 0.15) is 84.0 Å². The van der Waals surface area contributed by atoms with Crippen LogP contribution in [0.3, 0.4) is 0 Å². The van der Waals surface area contributed by atoms with Crippen molar-refractivity contribution in [3.63, 3.8) is 0 Å². The van der Waals surface area contributed by atoms with Crippen molar-refractivity contribution in [1.29, 1.82) is 0 Å². The van der Waals surface area contributed by atoms with Gasteiger partial charge in [-0.2, -0.15) is 0 Å². The summed E-state index contributed by atoms with van der Waals surface area (Å²) in [6, 6.07) is 0. The monoisotopic (exact) mass is 360 g/mol. The zero-order chi connectivity index (χ0) is 18.5. The molecule has 1 heterocycles. The Balaban J connectivity index is 1.84. The lowest BCUT2D eigenvalue weighted by atomic mass is 10.0. The summed E-state index contributed by atoms with van der Waals surface area (Å²) in [6.07, 6.45) is 9.43. The normalized spacial score (nSPS) is 26.7. The molecule has 0 unspecified atom stereocenters. The molecule has 25 heavy (non-hydrogen) atoms. The number of carboxylic acid groups (broad SMARTS) is 1. The summed E-state index contributed by atoms with van der Waals surface area (Å²) in [4.78, 5) is 10.4. The maximum Gasteiger partial charge on any atom is 0.303 e. The van der Waals surface area contributed by atoms with E-state index in [-0.39, 0.29) is 6.10 Å². The number of aliphatic hydroxyl groups excluding tert-OH is 2. The molecule has 0 spiro atoms. The minimum atomic E-state index is -0.748. The quantitative estimate of drug-likeness (QED) is 0.412. The van der Waals surface area contributed by atoms with Gasteiger partial charge in [0.1, 0.15) is 6.10 Å². The van der Waals surface area contributed by atoms with Crippen molar-refractivity contribution in [2.75, 3.05) is 6.61 Å². The number of ether oxygens (including phenoxy) is 2. The zero-order valence-corrected chi connectivity index (χ0v) is 15.6. The Labute approximate surface area is 151 Å². The summed E-state index contributed by atoms with van der Waals surface area (Å²) in [5.41, 5.74) is 0. The van der Waals surface area contributed by atoms with Crippen LogP contribution in [-0.2, 0) is 14.3 Å². The first-order valence-corrected chi connectivity index (χ1v) is 9.85. The van der Waals surface area contributed by atoms with E-state index < -0.39 is 24.5 Å². The fourth-order valence-electron chi connectivity index (χ4n) is 3.09. The lowest BCUT2D eigenvalue weighted by Crippen LogP contribution is -2.47. The Morgan fingerprint density at radius 2 is 1.44 bits per heavy atom. The molecule has 0 aromatic rings. The van der Waals surface area contributed by atoms with Crippen LogP contribution >= 0.6 is 0 Å². The predicted octanol–water partition coefficient (Wildman–Crippen LogP) is 3.24. The van der Waals surface area contributed by atoms with E-state index >= 15 is 0 Å². The van der Waals surface area contributed by atoms with Gasteiger partial charge in [-0.05, 0) is 19.8 Å². The van der Waals surface area contributed by atoms with Gasteiger partial charge in [-0.3, -0.25) is 4.79 Å². The van der Waals surface area contributed by atoms with Gasteiger partial charge in [-0.15, -0.1) is 0 Å². The molecule has 1 aliphatic rings. The largest absolute Gasteiger partial charge is 0.481 e. The van der Waals surface area contributed by atoms with Crippen LogP contribution in [-0.4, -0.2) is 52.5 Å². The lowest BCUT2D eigenvalue weighted by Gasteiger charge is -2.35. The topological polar surface area (TPSA) is 96.2 Å². The number of carbonyl (C=O) groups is 1. The standard InChI is InChI=1S/C19H36O6/c1-15-16(20)14-17(21)19(25-15)24-13-11-9-7-5-3-2-4-6-8-10-12-18(22)23/h15-17,19-21H,2-14H2,1H3,(H,22,23)/t15-,16+,17+,19+/m0/s1. The second-order valence-corrected chi connectivity index (χ2v) is 7.13. The van der Waals surface area contributed by atoms with Crippen LogP contribution in [0.2, 0.25) is 0 Å². The third-order valence-electron chi connectivity index (χ3n) is 4.75. The zero-order valence-electron chi connectivity index (χ0n) is 15.6. The third-order valence-corrected chi connectivity index (χ3v) is 4.75. The number of hydrogen-bond donors (Lipinski definition) is 3. The molecule has 6 heteroatoms. The highest BCUT2D eigenvalue weighted by molar-refractivity contribution is 5.66. The van der Waals surface area contributed by atoms with E-state index in [1.54, 1.807) is 6.92 Å². The Kier molecular flexibility index (Phi) is 12.1. The van der Waals surface area contributed by atoms with Gasteiger partial charge in [0.05, 0.1) is 12.2 Å². The van der Waals surface area contributed by atoms with Crippen LogP contribution in [0, 0.1) is 0 Å². The highest BCUT2D eigenvalue weighted by atomic mass is 16.7. The van der Waals surface area contributed by atoms with Gasteiger partial charge < -0.3 is 24.8 Å². The molecule has 1 saturated heterocycles. The fraction of sp³-hybridized carbons (Fsp3) is 0.947.